The van der Waals surface area contributed by atoms with Crippen molar-refractivity contribution >= 4 is 0 Å². The molecule has 1 aliphatic rings. The minimum Gasteiger partial charge on any atom is -0.261 e. The summed E-state index contributed by atoms with van der Waals surface area (Å²) in [7, 11) is 0. The van der Waals surface area contributed by atoms with Crippen LogP contribution in [0.3, 0.4) is 0 Å². The lowest BCUT2D eigenvalue weighted by atomic mass is 9.52. The highest BCUT2D eigenvalue weighted by molar-refractivity contribution is 5.37. The molecular weight excluding hydrogens is 296 g/mol. The van der Waals surface area contributed by atoms with E-state index in [0.29, 0.717) is 23.7 Å². The van der Waals surface area contributed by atoms with Crippen LogP contribution in [-0.4, -0.2) is 19.9 Å². The van der Waals surface area contributed by atoms with Crippen LogP contribution >= 0.6 is 0 Å². The lowest BCUT2D eigenvalue weighted by Crippen LogP contribution is -2.42. The van der Waals surface area contributed by atoms with Crippen LogP contribution in [0.4, 0.5) is 0 Å². The van der Waals surface area contributed by atoms with E-state index in [1.54, 1.807) is 24.8 Å². The van der Waals surface area contributed by atoms with E-state index in [0.717, 1.165) is 17.8 Å². The summed E-state index contributed by atoms with van der Waals surface area (Å²) in [5.74, 6) is 1.62. The number of aromatic nitrogens is 4. The summed E-state index contributed by atoms with van der Waals surface area (Å²) in [5, 5.41) is 0. The second-order valence-corrected chi connectivity index (χ2v) is 6.32. The number of hydrogen-bond acceptors (Lipinski definition) is 4. The third kappa shape index (κ3) is 2.48. The SMILES string of the molecule is CCC1C(c2cnccn2)C(c2ccccc2)C1c1cnccn1. The molecule has 2 unspecified atom stereocenters. The van der Waals surface area contributed by atoms with Crippen molar-refractivity contribution < 1.29 is 0 Å². The fraction of sp³-hybridized carbons (Fsp3) is 0.300. The predicted molar refractivity (Wildman–Crippen MR) is 92.5 cm³/mol. The van der Waals surface area contributed by atoms with Gasteiger partial charge in [0.15, 0.2) is 0 Å². The second kappa shape index (κ2) is 6.48. The molecule has 1 aliphatic carbocycles. The van der Waals surface area contributed by atoms with Gasteiger partial charge in [0.25, 0.3) is 0 Å². The maximum absolute atomic E-state index is 4.60. The smallest absolute Gasteiger partial charge is 0.0626 e. The van der Waals surface area contributed by atoms with Crippen molar-refractivity contribution in [2.75, 3.05) is 0 Å². The van der Waals surface area contributed by atoms with Crippen molar-refractivity contribution in [1.82, 2.24) is 19.9 Å². The van der Waals surface area contributed by atoms with Crippen LogP contribution in [-0.2, 0) is 0 Å². The van der Waals surface area contributed by atoms with Crippen molar-refractivity contribution in [2.24, 2.45) is 5.92 Å². The molecule has 3 aromatic rings. The van der Waals surface area contributed by atoms with E-state index in [4.69, 9.17) is 0 Å². The Morgan fingerprint density at radius 3 is 1.79 bits per heavy atom. The minimum atomic E-state index is 0.365. The molecule has 4 nitrogen and oxygen atoms in total. The summed E-state index contributed by atoms with van der Waals surface area (Å²) >= 11 is 0. The summed E-state index contributed by atoms with van der Waals surface area (Å²) in [4.78, 5) is 17.8. The van der Waals surface area contributed by atoms with E-state index in [2.05, 4.69) is 57.2 Å². The molecule has 1 fully saturated rings. The zero-order valence-electron chi connectivity index (χ0n) is 13.7. The van der Waals surface area contributed by atoms with Gasteiger partial charge < -0.3 is 0 Å². The highest BCUT2D eigenvalue weighted by Gasteiger charge is 2.52. The Morgan fingerprint density at radius 2 is 1.33 bits per heavy atom. The first kappa shape index (κ1) is 14.9. The molecule has 0 aliphatic heterocycles. The van der Waals surface area contributed by atoms with E-state index < -0.39 is 0 Å². The molecule has 0 spiro atoms. The van der Waals surface area contributed by atoms with E-state index in [-0.39, 0.29) is 0 Å². The lowest BCUT2D eigenvalue weighted by Gasteiger charge is -2.51. The van der Waals surface area contributed by atoms with Crippen LogP contribution in [0.25, 0.3) is 0 Å². The third-order valence-corrected chi connectivity index (χ3v) is 5.20. The first-order valence-corrected chi connectivity index (χ1v) is 8.47. The molecule has 4 heteroatoms. The van der Waals surface area contributed by atoms with E-state index in [9.17, 15) is 0 Å². The molecule has 0 radical (unpaired) electrons. The zero-order chi connectivity index (χ0) is 16.4. The standard InChI is InChI=1S/C20H20N4/c1-2-15-19(16-12-21-8-10-23-16)18(14-6-4-3-5-7-14)20(15)17-13-22-9-11-24-17/h3-13,15,18-20H,2H2,1H3. The Bertz CT molecular complexity index is 729. The van der Waals surface area contributed by atoms with Crippen molar-refractivity contribution in [3.8, 4) is 0 Å². The average molecular weight is 316 g/mol. The van der Waals surface area contributed by atoms with Crippen LogP contribution in [0, 0.1) is 5.92 Å². The predicted octanol–water partition coefficient (Wildman–Crippen LogP) is 3.96. The van der Waals surface area contributed by atoms with Crippen molar-refractivity contribution in [3.63, 3.8) is 0 Å². The summed E-state index contributed by atoms with van der Waals surface area (Å²) in [5.41, 5.74) is 3.50. The van der Waals surface area contributed by atoms with Crippen molar-refractivity contribution in [2.45, 2.75) is 31.1 Å². The Morgan fingerprint density at radius 1 is 0.750 bits per heavy atom. The van der Waals surface area contributed by atoms with Gasteiger partial charge in [-0.25, -0.2) is 0 Å². The molecule has 0 saturated heterocycles. The first-order valence-electron chi connectivity index (χ1n) is 8.47. The summed E-state index contributed by atoms with van der Waals surface area (Å²) in [6, 6.07) is 10.7. The van der Waals surface area contributed by atoms with Gasteiger partial charge in [-0.1, -0.05) is 43.7 Å². The highest BCUT2D eigenvalue weighted by atomic mass is 14.8. The molecule has 0 N–H and O–H groups in total. The maximum atomic E-state index is 4.60. The number of benzene rings is 1. The van der Waals surface area contributed by atoms with Gasteiger partial charge >= 0.3 is 0 Å². The fourth-order valence-electron chi connectivity index (χ4n) is 4.20. The van der Waals surface area contributed by atoms with Gasteiger partial charge in [-0.3, -0.25) is 19.9 Å². The average Bonchev–Trinajstić information content (AvgIpc) is 2.64. The molecule has 0 amide bonds. The van der Waals surface area contributed by atoms with E-state index >= 15 is 0 Å². The van der Waals surface area contributed by atoms with Gasteiger partial charge in [0.2, 0.25) is 0 Å². The zero-order valence-corrected chi connectivity index (χ0v) is 13.7. The lowest BCUT2D eigenvalue weighted by molar-refractivity contribution is 0.143. The summed E-state index contributed by atoms with van der Waals surface area (Å²) in [6.07, 6.45) is 12.0. The van der Waals surface area contributed by atoms with Crippen LogP contribution in [0.15, 0.2) is 67.5 Å². The molecule has 1 saturated carbocycles. The molecule has 2 heterocycles. The topological polar surface area (TPSA) is 51.6 Å². The van der Waals surface area contributed by atoms with Gasteiger partial charge in [-0.05, 0) is 11.5 Å². The highest BCUT2D eigenvalue weighted by Crippen LogP contribution is 2.62. The Balaban J connectivity index is 1.79. The minimum absolute atomic E-state index is 0.365. The van der Waals surface area contributed by atoms with Gasteiger partial charge in [-0.2, -0.15) is 0 Å². The van der Waals surface area contributed by atoms with Crippen molar-refractivity contribution in [3.05, 3.63) is 84.5 Å². The number of nitrogens with zero attached hydrogens (tertiary/aromatic N) is 4. The number of rotatable bonds is 4. The van der Waals surface area contributed by atoms with Crippen LogP contribution < -0.4 is 0 Å². The molecule has 4 rings (SSSR count). The summed E-state index contributed by atoms with van der Waals surface area (Å²) < 4.78 is 0. The summed E-state index contributed by atoms with van der Waals surface area (Å²) in [6.45, 7) is 2.25. The number of hydrogen-bond donors (Lipinski definition) is 0. The molecular formula is C20H20N4. The van der Waals surface area contributed by atoms with E-state index in [1.807, 2.05) is 12.4 Å². The maximum Gasteiger partial charge on any atom is 0.0626 e. The quantitative estimate of drug-likeness (QED) is 0.731. The molecule has 0 bridgehead atoms. The fourth-order valence-corrected chi connectivity index (χ4v) is 4.20. The second-order valence-electron chi connectivity index (χ2n) is 6.32. The van der Waals surface area contributed by atoms with Crippen molar-refractivity contribution in [1.29, 1.82) is 0 Å². The van der Waals surface area contributed by atoms with E-state index in [1.165, 1.54) is 5.56 Å². The van der Waals surface area contributed by atoms with Gasteiger partial charge in [0, 0.05) is 54.9 Å². The Kier molecular flexibility index (Phi) is 4.03. The molecule has 2 atom stereocenters. The van der Waals surface area contributed by atoms with Gasteiger partial charge in [-0.15, -0.1) is 0 Å². The van der Waals surface area contributed by atoms with Crippen LogP contribution in [0.5, 0.6) is 0 Å². The molecule has 120 valence electrons. The van der Waals surface area contributed by atoms with Crippen LogP contribution in [0.2, 0.25) is 0 Å². The molecule has 1 aromatic carbocycles. The van der Waals surface area contributed by atoms with Gasteiger partial charge in [0.1, 0.15) is 0 Å². The molecule has 2 aromatic heterocycles. The Hall–Kier alpha value is -2.62. The van der Waals surface area contributed by atoms with Gasteiger partial charge in [0.05, 0.1) is 11.4 Å². The van der Waals surface area contributed by atoms with Crippen LogP contribution in [0.1, 0.15) is 48.0 Å². The monoisotopic (exact) mass is 316 g/mol. The largest absolute Gasteiger partial charge is 0.261 e. The Labute approximate surface area is 142 Å². The molecule has 24 heavy (non-hydrogen) atoms. The normalized spacial score (nSPS) is 25.9. The third-order valence-electron chi connectivity index (χ3n) is 5.20. The first-order chi connectivity index (χ1) is 11.9.